The zero-order valence-electron chi connectivity index (χ0n) is 14.5. The molecule has 0 saturated heterocycles. The van der Waals surface area contributed by atoms with Crippen LogP contribution in [-0.2, 0) is 7.05 Å². The molecule has 0 radical (unpaired) electrons. The van der Waals surface area contributed by atoms with Gasteiger partial charge in [0.1, 0.15) is 5.82 Å². The molecule has 132 valence electrons. The van der Waals surface area contributed by atoms with E-state index in [-0.39, 0.29) is 16.6 Å². The van der Waals surface area contributed by atoms with Crippen LogP contribution in [0.4, 0.5) is 5.69 Å². The molecule has 0 unspecified atom stereocenters. The standard InChI is InChI=1S/C19H18ClN5O/c1-11-3-4-13(16-7-8-22-25(16)2)9-15(11)23-19(26)17-14(20)10-21-18(24-17)12-5-6-12/h3-4,7-10,12H,5-6H2,1-2H3,(H,23,26). The van der Waals surface area contributed by atoms with E-state index < -0.39 is 0 Å². The Hall–Kier alpha value is -2.73. The van der Waals surface area contributed by atoms with Crippen LogP contribution in [-0.4, -0.2) is 25.7 Å². The predicted molar refractivity (Wildman–Crippen MR) is 100 cm³/mol. The molecule has 3 aromatic rings. The Bertz CT molecular complexity index is 993. The number of hydrogen-bond donors (Lipinski definition) is 1. The van der Waals surface area contributed by atoms with Crippen LogP contribution >= 0.6 is 11.6 Å². The van der Waals surface area contributed by atoms with E-state index in [4.69, 9.17) is 11.6 Å². The molecule has 2 heterocycles. The summed E-state index contributed by atoms with van der Waals surface area (Å²) in [5, 5.41) is 7.38. The van der Waals surface area contributed by atoms with E-state index >= 15 is 0 Å². The summed E-state index contributed by atoms with van der Waals surface area (Å²) in [6.45, 7) is 1.94. The quantitative estimate of drug-likeness (QED) is 0.757. The number of hydrogen-bond acceptors (Lipinski definition) is 4. The molecule has 1 saturated carbocycles. The van der Waals surface area contributed by atoms with Gasteiger partial charge in [0.05, 0.1) is 16.9 Å². The SMILES string of the molecule is Cc1ccc(-c2ccnn2C)cc1NC(=O)c1nc(C2CC2)ncc1Cl. The van der Waals surface area contributed by atoms with Crippen LogP contribution in [0.25, 0.3) is 11.3 Å². The molecule has 7 heteroatoms. The maximum atomic E-state index is 12.7. The second kappa shape index (κ2) is 6.53. The first-order valence-corrected chi connectivity index (χ1v) is 8.83. The number of rotatable bonds is 4. The number of anilines is 1. The average Bonchev–Trinajstić information content (AvgIpc) is 3.38. The van der Waals surface area contributed by atoms with E-state index in [0.717, 1.165) is 35.3 Å². The number of halogens is 1. The Balaban J connectivity index is 1.64. The highest BCUT2D eigenvalue weighted by Crippen LogP contribution is 2.38. The molecule has 6 nitrogen and oxygen atoms in total. The minimum atomic E-state index is -0.329. The van der Waals surface area contributed by atoms with Gasteiger partial charge < -0.3 is 5.32 Å². The molecule has 1 aliphatic rings. The molecule has 1 amide bonds. The maximum absolute atomic E-state index is 12.7. The number of aromatic nitrogens is 4. The lowest BCUT2D eigenvalue weighted by Gasteiger charge is -2.12. The Labute approximate surface area is 156 Å². The van der Waals surface area contributed by atoms with E-state index in [0.29, 0.717) is 11.7 Å². The molecule has 1 aliphatic carbocycles. The van der Waals surface area contributed by atoms with Crippen molar-refractivity contribution in [3.8, 4) is 11.3 Å². The van der Waals surface area contributed by atoms with E-state index in [1.807, 2.05) is 38.2 Å². The van der Waals surface area contributed by atoms with Gasteiger partial charge in [0.25, 0.3) is 5.91 Å². The van der Waals surface area contributed by atoms with Gasteiger partial charge in [0, 0.05) is 30.4 Å². The van der Waals surface area contributed by atoms with Crippen LogP contribution in [0.1, 0.15) is 40.6 Å². The van der Waals surface area contributed by atoms with Gasteiger partial charge in [-0.05, 0) is 37.5 Å². The summed E-state index contributed by atoms with van der Waals surface area (Å²) in [5.41, 5.74) is 3.83. The van der Waals surface area contributed by atoms with Crippen molar-refractivity contribution >= 4 is 23.2 Å². The van der Waals surface area contributed by atoms with Gasteiger partial charge in [0.15, 0.2) is 5.69 Å². The first kappa shape index (κ1) is 16.7. The summed E-state index contributed by atoms with van der Waals surface area (Å²) in [6.07, 6.45) is 5.38. The van der Waals surface area contributed by atoms with Crippen LogP contribution < -0.4 is 5.32 Å². The highest BCUT2D eigenvalue weighted by Gasteiger charge is 2.28. The largest absolute Gasteiger partial charge is 0.320 e. The number of nitrogens with zero attached hydrogens (tertiary/aromatic N) is 4. The molecule has 0 bridgehead atoms. The summed E-state index contributed by atoms with van der Waals surface area (Å²) >= 11 is 6.16. The van der Waals surface area contributed by atoms with Crippen molar-refractivity contribution in [2.24, 2.45) is 7.05 Å². The van der Waals surface area contributed by atoms with Crippen LogP contribution in [0.2, 0.25) is 5.02 Å². The molecule has 0 aliphatic heterocycles. The maximum Gasteiger partial charge on any atom is 0.275 e. The third kappa shape index (κ3) is 3.20. The van der Waals surface area contributed by atoms with E-state index in [2.05, 4.69) is 20.4 Å². The predicted octanol–water partition coefficient (Wildman–Crippen LogP) is 3.97. The van der Waals surface area contributed by atoms with Crippen molar-refractivity contribution in [2.45, 2.75) is 25.7 Å². The summed E-state index contributed by atoms with van der Waals surface area (Å²) in [5.74, 6) is 0.721. The van der Waals surface area contributed by atoms with Gasteiger partial charge in [-0.2, -0.15) is 5.10 Å². The van der Waals surface area contributed by atoms with Gasteiger partial charge in [-0.3, -0.25) is 9.48 Å². The lowest BCUT2D eigenvalue weighted by molar-refractivity contribution is 0.102. The first-order valence-electron chi connectivity index (χ1n) is 8.46. The number of aryl methyl sites for hydroxylation is 2. The molecule has 2 aromatic heterocycles. The van der Waals surface area contributed by atoms with Crippen molar-refractivity contribution in [3.63, 3.8) is 0 Å². The molecule has 1 fully saturated rings. The Kier molecular flexibility index (Phi) is 4.20. The highest BCUT2D eigenvalue weighted by atomic mass is 35.5. The molecule has 4 rings (SSSR count). The molecule has 0 atom stereocenters. The minimum Gasteiger partial charge on any atom is -0.320 e. The van der Waals surface area contributed by atoms with E-state index in [1.165, 1.54) is 6.20 Å². The second-order valence-corrected chi connectivity index (χ2v) is 6.93. The number of carbonyl (C=O) groups is 1. The number of amides is 1. The van der Waals surface area contributed by atoms with Crippen molar-refractivity contribution in [1.29, 1.82) is 0 Å². The summed E-state index contributed by atoms with van der Waals surface area (Å²) in [4.78, 5) is 21.4. The highest BCUT2D eigenvalue weighted by molar-refractivity contribution is 6.33. The number of benzene rings is 1. The van der Waals surface area contributed by atoms with Crippen LogP contribution in [0.5, 0.6) is 0 Å². The van der Waals surface area contributed by atoms with Crippen LogP contribution in [0, 0.1) is 6.92 Å². The first-order chi connectivity index (χ1) is 12.5. The fraction of sp³-hybridized carbons (Fsp3) is 0.263. The molecule has 1 aromatic carbocycles. The monoisotopic (exact) mass is 367 g/mol. The number of carbonyl (C=O) groups excluding carboxylic acids is 1. The van der Waals surface area contributed by atoms with Gasteiger partial charge in [-0.15, -0.1) is 0 Å². The van der Waals surface area contributed by atoms with E-state index in [9.17, 15) is 4.79 Å². The fourth-order valence-electron chi connectivity index (χ4n) is 2.83. The van der Waals surface area contributed by atoms with Crippen LogP contribution in [0.15, 0.2) is 36.7 Å². The number of nitrogens with one attached hydrogen (secondary N) is 1. The van der Waals surface area contributed by atoms with Crippen LogP contribution in [0.3, 0.4) is 0 Å². The van der Waals surface area contributed by atoms with Gasteiger partial charge in [-0.1, -0.05) is 23.7 Å². The second-order valence-electron chi connectivity index (χ2n) is 6.52. The van der Waals surface area contributed by atoms with Crippen molar-refractivity contribution in [1.82, 2.24) is 19.7 Å². The summed E-state index contributed by atoms with van der Waals surface area (Å²) < 4.78 is 1.79. The Morgan fingerprint density at radius 3 is 2.81 bits per heavy atom. The average molecular weight is 368 g/mol. The summed E-state index contributed by atoms with van der Waals surface area (Å²) in [6, 6.07) is 7.83. The normalized spacial score (nSPS) is 13.7. The zero-order valence-corrected chi connectivity index (χ0v) is 15.3. The lowest BCUT2D eigenvalue weighted by Crippen LogP contribution is -2.16. The minimum absolute atomic E-state index is 0.217. The third-order valence-electron chi connectivity index (χ3n) is 4.52. The molecule has 26 heavy (non-hydrogen) atoms. The topological polar surface area (TPSA) is 72.7 Å². The molecule has 0 spiro atoms. The third-order valence-corrected chi connectivity index (χ3v) is 4.80. The fourth-order valence-corrected chi connectivity index (χ4v) is 3.01. The molecular formula is C19H18ClN5O. The van der Waals surface area contributed by atoms with Gasteiger partial charge >= 0.3 is 0 Å². The summed E-state index contributed by atoms with van der Waals surface area (Å²) in [7, 11) is 1.88. The Morgan fingerprint density at radius 2 is 2.12 bits per heavy atom. The van der Waals surface area contributed by atoms with Crippen molar-refractivity contribution in [3.05, 3.63) is 58.8 Å². The van der Waals surface area contributed by atoms with Gasteiger partial charge in [0.2, 0.25) is 0 Å². The molecular weight excluding hydrogens is 350 g/mol. The zero-order chi connectivity index (χ0) is 18.3. The molecule has 1 N–H and O–H groups in total. The van der Waals surface area contributed by atoms with E-state index in [1.54, 1.807) is 10.9 Å². The van der Waals surface area contributed by atoms with Gasteiger partial charge in [-0.25, -0.2) is 9.97 Å². The smallest absolute Gasteiger partial charge is 0.275 e. The lowest BCUT2D eigenvalue weighted by atomic mass is 10.1. The van der Waals surface area contributed by atoms with Crippen molar-refractivity contribution in [2.75, 3.05) is 5.32 Å². The Morgan fingerprint density at radius 1 is 1.31 bits per heavy atom. The van der Waals surface area contributed by atoms with Crippen molar-refractivity contribution < 1.29 is 4.79 Å².